The van der Waals surface area contributed by atoms with E-state index in [0.717, 1.165) is 6.61 Å². The SMILES string of the molecule is CC1COC2CC(=O)C12. The first kappa shape index (κ1) is 5.42. The Bertz CT molecular complexity index is 147. The maximum atomic E-state index is 10.8. The van der Waals surface area contributed by atoms with E-state index in [1.54, 1.807) is 0 Å². The molecule has 0 amide bonds. The number of carbonyl (C=O) groups excluding carboxylic acids is 1. The van der Waals surface area contributed by atoms with Gasteiger partial charge < -0.3 is 4.74 Å². The van der Waals surface area contributed by atoms with Gasteiger partial charge in [0, 0.05) is 12.3 Å². The molecule has 2 heteroatoms. The Kier molecular flexibility index (Phi) is 0.943. The fraction of sp³-hybridized carbons (Fsp3) is 0.857. The third-order valence-corrected chi connectivity index (χ3v) is 2.36. The van der Waals surface area contributed by atoms with Crippen molar-refractivity contribution >= 4 is 5.78 Å². The first-order valence-corrected chi connectivity index (χ1v) is 3.43. The van der Waals surface area contributed by atoms with Crippen LogP contribution in [0.25, 0.3) is 0 Å². The van der Waals surface area contributed by atoms with Crippen molar-refractivity contribution in [2.75, 3.05) is 6.61 Å². The first-order chi connectivity index (χ1) is 4.29. The zero-order valence-corrected chi connectivity index (χ0v) is 5.46. The normalized spacial score (nSPS) is 48.6. The zero-order valence-electron chi connectivity index (χ0n) is 5.46. The van der Waals surface area contributed by atoms with Crippen LogP contribution in [0.5, 0.6) is 0 Å². The van der Waals surface area contributed by atoms with Crippen LogP contribution in [-0.2, 0) is 9.53 Å². The van der Waals surface area contributed by atoms with E-state index < -0.39 is 0 Å². The van der Waals surface area contributed by atoms with Gasteiger partial charge in [0.05, 0.1) is 12.7 Å². The lowest BCUT2D eigenvalue weighted by Gasteiger charge is -2.28. The van der Waals surface area contributed by atoms with Gasteiger partial charge in [-0.1, -0.05) is 6.92 Å². The monoisotopic (exact) mass is 126 g/mol. The predicted octanol–water partition coefficient (Wildman–Crippen LogP) is 0.610. The van der Waals surface area contributed by atoms with Crippen LogP contribution in [0, 0.1) is 11.8 Å². The molecule has 1 saturated carbocycles. The van der Waals surface area contributed by atoms with Crippen LogP contribution < -0.4 is 0 Å². The van der Waals surface area contributed by atoms with Gasteiger partial charge in [-0.15, -0.1) is 0 Å². The minimum absolute atomic E-state index is 0.269. The van der Waals surface area contributed by atoms with Crippen molar-refractivity contribution in [3.05, 3.63) is 0 Å². The average molecular weight is 126 g/mol. The molecule has 1 aliphatic heterocycles. The summed E-state index contributed by atoms with van der Waals surface area (Å²) in [4.78, 5) is 10.8. The van der Waals surface area contributed by atoms with Crippen LogP contribution in [0.2, 0.25) is 0 Å². The van der Waals surface area contributed by atoms with E-state index in [1.165, 1.54) is 0 Å². The summed E-state index contributed by atoms with van der Waals surface area (Å²) in [6.07, 6.45) is 0.974. The van der Waals surface area contributed by atoms with Gasteiger partial charge in [-0.3, -0.25) is 4.79 Å². The number of Topliss-reactive ketones (excluding diaryl/α,β-unsaturated/α-hetero) is 1. The second kappa shape index (κ2) is 1.57. The van der Waals surface area contributed by atoms with Gasteiger partial charge in [-0.25, -0.2) is 0 Å². The highest BCUT2D eigenvalue weighted by atomic mass is 16.5. The minimum Gasteiger partial charge on any atom is -0.377 e. The van der Waals surface area contributed by atoms with E-state index in [0.29, 0.717) is 24.2 Å². The third kappa shape index (κ3) is 0.568. The Labute approximate surface area is 54.2 Å². The van der Waals surface area contributed by atoms with Crippen LogP contribution in [0.3, 0.4) is 0 Å². The summed E-state index contributed by atoms with van der Waals surface area (Å²) < 4.78 is 5.31. The lowest BCUT2D eigenvalue weighted by molar-refractivity contribution is -0.137. The smallest absolute Gasteiger partial charge is 0.141 e. The molecular weight excluding hydrogens is 116 g/mol. The number of carbonyl (C=O) groups is 1. The molecule has 3 atom stereocenters. The predicted molar refractivity (Wildman–Crippen MR) is 32.0 cm³/mol. The van der Waals surface area contributed by atoms with E-state index in [1.807, 2.05) is 0 Å². The van der Waals surface area contributed by atoms with Gasteiger partial charge in [0.2, 0.25) is 0 Å². The summed E-state index contributed by atoms with van der Waals surface area (Å²) in [7, 11) is 0. The molecule has 0 N–H and O–H groups in total. The molecule has 9 heavy (non-hydrogen) atoms. The van der Waals surface area contributed by atoms with Crippen molar-refractivity contribution < 1.29 is 9.53 Å². The molecule has 2 rings (SSSR count). The lowest BCUT2D eigenvalue weighted by atomic mass is 9.75. The summed E-state index contributed by atoms with van der Waals surface area (Å²) in [6, 6.07) is 0. The number of ketones is 1. The van der Waals surface area contributed by atoms with Gasteiger partial charge in [-0.05, 0) is 5.92 Å². The Balaban J connectivity index is 2.14. The van der Waals surface area contributed by atoms with E-state index in [4.69, 9.17) is 4.74 Å². The average Bonchev–Trinajstić information content (AvgIpc) is 2.04. The fourth-order valence-corrected chi connectivity index (χ4v) is 1.73. The van der Waals surface area contributed by atoms with Crippen LogP contribution in [0.4, 0.5) is 0 Å². The Hall–Kier alpha value is -0.370. The van der Waals surface area contributed by atoms with Crippen LogP contribution in [-0.4, -0.2) is 18.5 Å². The van der Waals surface area contributed by atoms with Gasteiger partial charge in [0.15, 0.2) is 0 Å². The van der Waals surface area contributed by atoms with Gasteiger partial charge in [0.1, 0.15) is 5.78 Å². The van der Waals surface area contributed by atoms with E-state index in [2.05, 4.69) is 6.92 Å². The Morgan fingerprint density at radius 1 is 1.67 bits per heavy atom. The minimum atomic E-state index is 0.269. The maximum absolute atomic E-state index is 10.8. The topological polar surface area (TPSA) is 26.3 Å². The quantitative estimate of drug-likeness (QED) is 0.475. The molecule has 0 aromatic rings. The fourth-order valence-electron chi connectivity index (χ4n) is 1.73. The Morgan fingerprint density at radius 2 is 2.44 bits per heavy atom. The molecule has 0 bridgehead atoms. The summed E-state index contributed by atoms with van der Waals surface area (Å²) >= 11 is 0. The van der Waals surface area contributed by atoms with E-state index in [9.17, 15) is 4.79 Å². The number of hydrogen-bond acceptors (Lipinski definition) is 2. The Morgan fingerprint density at radius 3 is 2.89 bits per heavy atom. The van der Waals surface area contributed by atoms with Crippen molar-refractivity contribution in [3.63, 3.8) is 0 Å². The molecule has 0 aromatic carbocycles. The molecular formula is C7H10O2. The standard InChI is InChI=1S/C7H10O2/c1-4-3-9-6-2-5(8)7(4)6/h4,6-7H,2-3H2,1H3. The molecule has 1 heterocycles. The molecule has 1 saturated heterocycles. The van der Waals surface area contributed by atoms with Gasteiger partial charge in [0.25, 0.3) is 0 Å². The third-order valence-electron chi connectivity index (χ3n) is 2.36. The second-order valence-corrected chi connectivity index (χ2v) is 3.05. The molecule has 0 radical (unpaired) electrons. The number of ether oxygens (including phenoxy) is 1. The van der Waals surface area contributed by atoms with Gasteiger partial charge in [-0.2, -0.15) is 0 Å². The molecule has 1 aliphatic carbocycles. The van der Waals surface area contributed by atoms with Crippen molar-refractivity contribution in [2.24, 2.45) is 11.8 Å². The first-order valence-electron chi connectivity index (χ1n) is 3.43. The zero-order chi connectivity index (χ0) is 6.43. The molecule has 2 fully saturated rings. The summed E-state index contributed by atoms with van der Waals surface area (Å²) in [5.74, 6) is 1.16. The summed E-state index contributed by atoms with van der Waals surface area (Å²) in [6.45, 7) is 2.88. The number of rotatable bonds is 0. The highest BCUT2D eigenvalue weighted by molar-refractivity contribution is 5.88. The van der Waals surface area contributed by atoms with Gasteiger partial charge >= 0.3 is 0 Å². The second-order valence-electron chi connectivity index (χ2n) is 3.05. The molecule has 50 valence electrons. The number of fused-ring (bicyclic) bond motifs is 1. The highest BCUT2D eigenvalue weighted by Crippen LogP contribution is 2.38. The van der Waals surface area contributed by atoms with Crippen LogP contribution in [0.15, 0.2) is 0 Å². The van der Waals surface area contributed by atoms with Crippen LogP contribution in [0.1, 0.15) is 13.3 Å². The van der Waals surface area contributed by atoms with Crippen molar-refractivity contribution in [1.29, 1.82) is 0 Å². The van der Waals surface area contributed by atoms with Crippen molar-refractivity contribution in [1.82, 2.24) is 0 Å². The van der Waals surface area contributed by atoms with Crippen molar-refractivity contribution in [2.45, 2.75) is 19.4 Å². The highest BCUT2D eigenvalue weighted by Gasteiger charge is 2.48. The molecule has 0 aromatic heterocycles. The van der Waals surface area contributed by atoms with Crippen molar-refractivity contribution in [3.8, 4) is 0 Å². The molecule has 2 nitrogen and oxygen atoms in total. The maximum Gasteiger partial charge on any atom is 0.141 e. The molecule has 3 unspecified atom stereocenters. The van der Waals surface area contributed by atoms with Crippen LogP contribution >= 0.6 is 0 Å². The molecule has 2 aliphatic rings. The lowest BCUT2D eigenvalue weighted by Crippen LogP contribution is -2.40. The van der Waals surface area contributed by atoms with E-state index >= 15 is 0 Å². The number of hydrogen-bond donors (Lipinski definition) is 0. The molecule has 0 spiro atoms. The largest absolute Gasteiger partial charge is 0.377 e. The summed E-state index contributed by atoms with van der Waals surface area (Å²) in [5, 5.41) is 0. The summed E-state index contributed by atoms with van der Waals surface area (Å²) in [5.41, 5.74) is 0. The van der Waals surface area contributed by atoms with E-state index in [-0.39, 0.29) is 5.92 Å².